The number of pyridine rings is 1. The topological polar surface area (TPSA) is 259 Å². The van der Waals surface area contributed by atoms with Gasteiger partial charge >= 0.3 is 6.03 Å². The number of carbonyl (C=O) groups excluding carboxylic acids is 2. The Kier molecular flexibility index (Phi) is 15.6. The number of hydrazone groups is 1. The van der Waals surface area contributed by atoms with Gasteiger partial charge in [-0.2, -0.15) is 13.5 Å². The fraction of sp³-hybridized carbons (Fsp3) is 0.188. The number of aromatic nitrogens is 1. The summed E-state index contributed by atoms with van der Waals surface area (Å²) in [6, 6.07) is 35.3. The smallest absolute Gasteiger partial charge is 0.335 e. The molecule has 1 heterocycles. The summed E-state index contributed by atoms with van der Waals surface area (Å²) < 4.78 is 66.0. The number of urea groups is 1. The first-order valence-electron chi connectivity index (χ1n) is 20.8. The largest absolute Gasteiger partial charge is 0.496 e. The maximum atomic E-state index is 13.8. The molecule has 0 saturated carbocycles. The number of hydrogen-bond donors (Lipinski definition) is 6. The first-order chi connectivity index (χ1) is 31.9. The summed E-state index contributed by atoms with van der Waals surface area (Å²) in [6.45, 7) is 4.48. The van der Waals surface area contributed by atoms with Crippen LogP contribution in [-0.4, -0.2) is 58.2 Å². The number of rotatable bonds is 18. The molecule has 8 N–H and O–H groups in total. The molecule has 1 aromatic heterocycles. The lowest BCUT2D eigenvalue weighted by Crippen LogP contribution is -2.49. The van der Waals surface area contributed by atoms with Crippen LogP contribution in [0, 0.1) is 20.8 Å². The van der Waals surface area contributed by atoms with Crippen LogP contribution in [0.5, 0.6) is 5.75 Å². The van der Waals surface area contributed by atoms with Crippen molar-refractivity contribution in [3.05, 3.63) is 195 Å². The van der Waals surface area contributed by atoms with E-state index in [2.05, 4.69) is 30.3 Å². The van der Waals surface area contributed by atoms with E-state index < -0.39 is 56.2 Å². The van der Waals surface area contributed by atoms with Crippen molar-refractivity contribution < 1.29 is 31.2 Å². The van der Waals surface area contributed by atoms with Crippen LogP contribution in [0.25, 0.3) is 0 Å². The van der Waals surface area contributed by atoms with Crippen molar-refractivity contribution >= 4 is 49.3 Å². The van der Waals surface area contributed by atoms with Crippen LogP contribution >= 0.6 is 0 Å². The number of nitrogens with one attached hydrogen (secondary N) is 4. The Morgan fingerprint density at radius 3 is 1.99 bits per heavy atom. The quantitative estimate of drug-likeness (QED) is 0.0386. The lowest BCUT2D eigenvalue weighted by molar-refractivity contribution is -0.122. The Balaban J connectivity index is 1.26. The van der Waals surface area contributed by atoms with Gasteiger partial charge in [0.1, 0.15) is 29.7 Å². The molecule has 0 bridgehead atoms. The molecular weight excluding hydrogens is 895 g/mol. The second kappa shape index (κ2) is 21.5. The second-order valence-corrected chi connectivity index (χ2v) is 18.8. The minimum absolute atomic E-state index is 0.00120. The zero-order chi connectivity index (χ0) is 48.3. The lowest BCUT2D eigenvalue weighted by atomic mass is 9.99. The van der Waals surface area contributed by atoms with Gasteiger partial charge in [-0.05, 0) is 90.4 Å². The molecule has 5 aromatic carbocycles. The van der Waals surface area contributed by atoms with Gasteiger partial charge in [0, 0.05) is 11.8 Å². The number of nitrogens with two attached hydrogens (primary N) is 2. The number of amides is 3. The van der Waals surface area contributed by atoms with E-state index in [4.69, 9.17) is 16.2 Å². The van der Waals surface area contributed by atoms with Crippen LogP contribution in [0.2, 0.25) is 0 Å². The van der Waals surface area contributed by atoms with Crippen LogP contribution < -0.4 is 42.5 Å². The number of amidine groups is 2. The number of sulfonamides is 2. The van der Waals surface area contributed by atoms with Crippen molar-refractivity contribution in [2.45, 2.75) is 56.5 Å². The number of carbonyl (C=O) groups is 2. The highest BCUT2D eigenvalue weighted by molar-refractivity contribution is 7.92. The van der Waals surface area contributed by atoms with Gasteiger partial charge < -0.3 is 31.4 Å². The first kappa shape index (κ1) is 48.7. The van der Waals surface area contributed by atoms with E-state index in [1.807, 2.05) is 60.7 Å². The molecule has 0 fully saturated rings. The van der Waals surface area contributed by atoms with Gasteiger partial charge in [0.05, 0.1) is 29.8 Å². The van der Waals surface area contributed by atoms with Crippen molar-refractivity contribution in [1.29, 1.82) is 0 Å². The van der Waals surface area contributed by atoms with Crippen molar-refractivity contribution in [2.24, 2.45) is 21.0 Å². The third kappa shape index (κ3) is 12.7. The Morgan fingerprint density at radius 2 is 1.36 bits per heavy atom. The van der Waals surface area contributed by atoms with Gasteiger partial charge in [-0.15, -0.1) is 4.40 Å². The van der Waals surface area contributed by atoms with E-state index in [0.717, 1.165) is 15.7 Å². The normalized spacial score (nSPS) is 12.6. The number of nitrogens with zero attached hydrogens (tertiary/aromatic N) is 3. The number of hydrogen-bond acceptors (Lipinski definition) is 9. The van der Waals surface area contributed by atoms with E-state index in [1.54, 1.807) is 81.4 Å². The van der Waals surface area contributed by atoms with Gasteiger partial charge in [-0.25, -0.2) is 18.6 Å². The number of methoxy groups -OCH3 is 1. The van der Waals surface area contributed by atoms with E-state index in [1.165, 1.54) is 25.4 Å². The average Bonchev–Trinajstić information content (AvgIpc) is 3.30. The number of aryl methyl sites for hydroxylation is 1. The van der Waals surface area contributed by atoms with Gasteiger partial charge in [-0.1, -0.05) is 109 Å². The van der Waals surface area contributed by atoms with E-state index in [-0.39, 0.29) is 40.0 Å². The Morgan fingerprint density at radius 1 is 0.746 bits per heavy atom. The van der Waals surface area contributed by atoms with E-state index in [9.17, 15) is 31.2 Å². The predicted molar refractivity (Wildman–Crippen MR) is 259 cm³/mol. The highest BCUT2D eigenvalue weighted by Crippen LogP contribution is 2.32. The van der Waals surface area contributed by atoms with Crippen LogP contribution in [0.3, 0.4) is 0 Å². The maximum Gasteiger partial charge on any atom is 0.335 e. The standard InChI is InChI=1S/C48H51N9O8S2/c1-31-26-41(65-4)32(2)33(3)44(31)67(63,64)56-45(49)38-23-14-18-35(27-38)28-40(46(50)53-54-48(60)52-43(36-19-10-6-11-20-36)37-21-12-7-13-22-37)51-42(58)29-57-25-15-24-39(47(57)59)55-66(61,62)30-34-16-8-5-9-17-34/h5-27,40,43,55H,28-30H2,1-4H3,(H2,49,56)(H2,50,53)(H,51,58)(H2,52,54,60). The molecule has 6 aromatic rings. The van der Waals surface area contributed by atoms with E-state index in [0.29, 0.717) is 33.6 Å². The molecule has 3 amide bonds. The number of anilines is 1. The molecule has 67 heavy (non-hydrogen) atoms. The summed E-state index contributed by atoms with van der Waals surface area (Å²) in [6.07, 6.45) is 1.25. The molecule has 0 spiro atoms. The van der Waals surface area contributed by atoms with Crippen LogP contribution in [0.1, 0.15) is 50.5 Å². The SMILES string of the molecule is COc1cc(C)c(S(=O)(=O)N=C(N)c2cccc(CC(NC(=O)Cn3cccc(NS(=O)(=O)Cc4ccccc4)c3=O)C(N)=NNC(=O)NC(c3ccccc3)c3ccccc3)c2)c(C)c1C. The molecule has 1 atom stereocenters. The van der Waals surface area contributed by atoms with Gasteiger partial charge in [-0.3, -0.25) is 14.3 Å². The lowest BCUT2D eigenvalue weighted by Gasteiger charge is -2.21. The number of ether oxygens (including phenoxy) is 1. The molecule has 0 radical (unpaired) electrons. The van der Waals surface area contributed by atoms with Gasteiger partial charge in [0.25, 0.3) is 15.6 Å². The van der Waals surface area contributed by atoms with Gasteiger partial charge in [0.2, 0.25) is 15.9 Å². The summed E-state index contributed by atoms with van der Waals surface area (Å²) >= 11 is 0. The molecule has 1 unspecified atom stereocenters. The molecule has 19 heteroatoms. The molecule has 0 aliphatic heterocycles. The zero-order valence-corrected chi connectivity index (χ0v) is 38.8. The van der Waals surface area contributed by atoms with Crippen molar-refractivity contribution in [1.82, 2.24) is 20.6 Å². The van der Waals surface area contributed by atoms with E-state index >= 15 is 0 Å². The Labute approximate surface area is 389 Å². The molecule has 0 saturated heterocycles. The molecular formula is C48H51N9O8S2. The van der Waals surface area contributed by atoms with Crippen molar-refractivity contribution in [3.63, 3.8) is 0 Å². The predicted octanol–water partition coefficient (Wildman–Crippen LogP) is 4.91. The highest BCUT2D eigenvalue weighted by atomic mass is 32.2. The third-order valence-corrected chi connectivity index (χ3v) is 13.5. The van der Waals surface area contributed by atoms with Crippen LogP contribution in [0.15, 0.2) is 159 Å². The molecule has 0 aliphatic rings. The summed E-state index contributed by atoms with van der Waals surface area (Å²) in [4.78, 5) is 40.6. The van der Waals surface area contributed by atoms with Crippen LogP contribution in [-0.2, 0) is 43.6 Å². The summed E-state index contributed by atoms with van der Waals surface area (Å²) in [5, 5.41) is 9.80. The minimum Gasteiger partial charge on any atom is -0.496 e. The average molecular weight is 946 g/mol. The fourth-order valence-electron chi connectivity index (χ4n) is 7.32. The molecule has 17 nitrogen and oxygen atoms in total. The fourth-order valence-corrected chi connectivity index (χ4v) is 9.97. The van der Waals surface area contributed by atoms with Crippen molar-refractivity contribution in [3.8, 4) is 5.75 Å². The van der Waals surface area contributed by atoms with Crippen molar-refractivity contribution in [2.75, 3.05) is 11.8 Å². The Bertz CT molecular complexity index is 3050. The monoisotopic (exact) mass is 945 g/mol. The van der Waals surface area contributed by atoms with Crippen LogP contribution in [0.4, 0.5) is 10.5 Å². The molecule has 348 valence electrons. The summed E-state index contributed by atoms with van der Waals surface area (Å²) in [5.41, 5.74) is 18.6. The first-order valence-corrected chi connectivity index (χ1v) is 23.9. The maximum absolute atomic E-state index is 13.8. The zero-order valence-electron chi connectivity index (χ0n) is 37.1. The molecule has 0 aliphatic carbocycles. The molecule has 6 rings (SSSR count). The second-order valence-electron chi connectivity index (χ2n) is 15.5. The highest BCUT2D eigenvalue weighted by Gasteiger charge is 2.25. The Hall–Kier alpha value is -7.77. The number of benzene rings is 5. The summed E-state index contributed by atoms with van der Waals surface area (Å²) in [5.74, 6) is -1.13. The van der Waals surface area contributed by atoms with Gasteiger partial charge in [0.15, 0.2) is 0 Å². The minimum atomic E-state index is -4.30. The summed E-state index contributed by atoms with van der Waals surface area (Å²) in [7, 11) is -6.81. The third-order valence-electron chi connectivity index (χ3n) is 10.7.